The summed E-state index contributed by atoms with van der Waals surface area (Å²) in [7, 11) is 0. The Morgan fingerprint density at radius 3 is 1.35 bits per heavy atom. The topological polar surface area (TPSA) is 139 Å². The van der Waals surface area contributed by atoms with Crippen LogP contribution in [0.25, 0.3) is 0 Å². The van der Waals surface area contributed by atoms with Gasteiger partial charge in [-0.25, -0.2) is 14.4 Å². The lowest BCUT2D eigenvalue weighted by molar-refractivity contribution is -0.166. The number of hydrogen-bond donors (Lipinski definition) is 0. The number of unbranched alkanes of at least 4 members (excludes halogenated alkanes) is 2. The van der Waals surface area contributed by atoms with Crippen LogP contribution in [-0.2, 0) is 47.7 Å². The summed E-state index contributed by atoms with van der Waals surface area (Å²) in [6, 6.07) is 13.0. The fourth-order valence-electron chi connectivity index (χ4n) is 5.18. The van der Waals surface area contributed by atoms with E-state index in [1.54, 1.807) is 48.5 Å². The molecule has 0 amide bonds. The number of carbonyl (C=O) groups excluding carboxylic acids is 6. The molecule has 2 rings (SSSR count). The molecule has 2 aromatic rings. The van der Waals surface area contributed by atoms with E-state index in [4.69, 9.17) is 18.9 Å². The van der Waals surface area contributed by atoms with E-state index in [-0.39, 0.29) is 36.2 Å². The van der Waals surface area contributed by atoms with Crippen molar-refractivity contribution in [2.45, 2.75) is 112 Å². The monoisotopic (exact) mass is 706 g/mol. The maximum absolute atomic E-state index is 13.3. The summed E-state index contributed by atoms with van der Waals surface area (Å²) in [5.74, 6) is -6.45. The molecule has 51 heavy (non-hydrogen) atoms. The van der Waals surface area contributed by atoms with Crippen LogP contribution in [0.2, 0.25) is 0 Å². The molecular weight excluding hydrogens is 652 g/mol. The Labute approximate surface area is 302 Å². The van der Waals surface area contributed by atoms with E-state index in [0.717, 1.165) is 62.5 Å². The Bertz CT molecular complexity index is 1470. The van der Waals surface area contributed by atoms with E-state index in [1.807, 2.05) is 27.7 Å². The quantitative estimate of drug-likeness (QED) is 0.0487. The summed E-state index contributed by atoms with van der Waals surface area (Å²) in [6.45, 7) is 15.5. The summed E-state index contributed by atoms with van der Waals surface area (Å²) >= 11 is 0. The molecule has 10 nitrogen and oxygen atoms in total. The van der Waals surface area contributed by atoms with Gasteiger partial charge in [0.05, 0.1) is 19.6 Å². The van der Waals surface area contributed by atoms with E-state index in [1.165, 1.54) is 0 Å². The van der Waals surface area contributed by atoms with Gasteiger partial charge in [-0.05, 0) is 38.5 Å². The van der Waals surface area contributed by atoms with Crippen LogP contribution in [0.5, 0.6) is 0 Å². The summed E-state index contributed by atoms with van der Waals surface area (Å²) in [5.41, 5.74) is 1.82. The highest BCUT2D eigenvalue weighted by molar-refractivity contribution is 6.36. The number of rotatable bonds is 23. The Kier molecular flexibility index (Phi) is 18.6. The van der Waals surface area contributed by atoms with E-state index in [0.29, 0.717) is 0 Å². The Morgan fingerprint density at radius 1 is 0.588 bits per heavy atom. The third-order valence-electron chi connectivity index (χ3n) is 8.75. The minimum atomic E-state index is -1.66. The fourth-order valence-corrected chi connectivity index (χ4v) is 5.18. The lowest BCUT2D eigenvalue weighted by Gasteiger charge is -2.20. The van der Waals surface area contributed by atoms with E-state index in [9.17, 15) is 28.8 Å². The number of hydrogen-bond acceptors (Lipinski definition) is 10. The van der Waals surface area contributed by atoms with Crippen molar-refractivity contribution in [1.29, 1.82) is 0 Å². The predicted octanol–water partition coefficient (Wildman–Crippen LogP) is 7.78. The molecule has 0 saturated heterocycles. The molecular formula is C41H54O10. The number of aryl methyl sites for hydroxylation is 2. The minimum Gasteiger partial charge on any atom is -0.460 e. The van der Waals surface area contributed by atoms with Crippen molar-refractivity contribution in [3.05, 3.63) is 82.9 Å². The van der Waals surface area contributed by atoms with Crippen LogP contribution in [-0.4, -0.2) is 48.7 Å². The molecule has 4 atom stereocenters. The maximum Gasteiger partial charge on any atom is 0.379 e. The van der Waals surface area contributed by atoms with Gasteiger partial charge in [0.25, 0.3) is 11.6 Å². The third-order valence-corrected chi connectivity index (χ3v) is 8.75. The van der Waals surface area contributed by atoms with Gasteiger partial charge in [-0.2, -0.15) is 0 Å². The van der Waals surface area contributed by atoms with Crippen LogP contribution in [0, 0.1) is 25.7 Å². The van der Waals surface area contributed by atoms with Crippen molar-refractivity contribution < 1.29 is 47.7 Å². The highest BCUT2D eigenvalue weighted by atomic mass is 16.6. The normalized spacial score (nSPS) is 13.2. The average molecular weight is 707 g/mol. The van der Waals surface area contributed by atoms with Gasteiger partial charge in [-0.15, -0.1) is 0 Å². The van der Waals surface area contributed by atoms with Gasteiger partial charge >= 0.3 is 23.9 Å². The highest BCUT2D eigenvalue weighted by Gasteiger charge is 2.35. The predicted molar refractivity (Wildman–Crippen MR) is 192 cm³/mol. The lowest BCUT2D eigenvalue weighted by Crippen LogP contribution is -2.31. The van der Waals surface area contributed by atoms with Gasteiger partial charge in [0, 0.05) is 16.7 Å². The van der Waals surface area contributed by atoms with Crippen molar-refractivity contribution >= 4 is 35.4 Å². The van der Waals surface area contributed by atoms with Crippen molar-refractivity contribution in [2.24, 2.45) is 11.8 Å². The molecule has 0 aliphatic rings. The van der Waals surface area contributed by atoms with Crippen LogP contribution in [0.15, 0.2) is 60.7 Å². The summed E-state index contributed by atoms with van der Waals surface area (Å²) in [5, 5.41) is 0. The van der Waals surface area contributed by atoms with Crippen molar-refractivity contribution in [3.8, 4) is 0 Å². The summed E-state index contributed by atoms with van der Waals surface area (Å²) in [4.78, 5) is 78.6. The molecule has 0 aliphatic carbocycles. The molecule has 0 spiro atoms. The molecule has 0 fully saturated rings. The van der Waals surface area contributed by atoms with Crippen LogP contribution in [0.3, 0.4) is 0 Å². The number of benzene rings is 2. The second kappa shape index (κ2) is 22.3. The molecule has 4 unspecified atom stereocenters. The van der Waals surface area contributed by atoms with E-state index in [2.05, 4.69) is 20.4 Å². The van der Waals surface area contributed by atoms with E-state index >= 15 is 0 Å². The first-order valence-electron chi connectivity index (χ1n) is 18.0. The molecule has 0 aliphatic heterocycles. The minimum absolute atomic E-state index is 0.0562. The second-order valence-electron chi connectivity index (χ2n) is 13.0. The SMILES string of the molecule is C=C(CC(=O)OC(C(=O)C(=O)OCC(CC)CCCC)c1ccc(C)cc1)C(=O)OC(C(=O)C(=O)OCC(CC)CCCC)c1ccc(C)cc1. The highest BCUT2D eigenvalue weighted by Crippen LogP contribution is 2.25. The molecule has 0 heterocycles. The number of ether oxygens (including phenoxy) is 4. The van der Waals surface area contributed by atoms with Gasteiger partial charge in [0.1, 0.15) is 0 Å². The van der Waals surface area contributed by atoms with Crippen molar-refractivity contribution in [3.63, 3.8) is 0 Å². The lowest BCUT2D eigenvalue weighted by atomic mass is 10.0. The first kappa shape index (κ1) is 42.6. The fraction of sp³-hybridized carbons (Fsp3) is 0.512. The molecule has 0 bridgehead atoms. The molecule has 0 N–H and O–H groups in total. The van der Waals surface area contributed by atoms with Crippen LogP contribution in [0.4, 0.5) is 0 Å². The Balaban J connectivity index is 2.18. The average Bonchev–Trinajstić information content (AvgIpc) is 3.12. The Morgan fingerprint density at radius 2 is 0.980 bits per heavy atom. The zero-order valence-electron chi connectivity index (χ0n) is 31.0. The van der Waals surface area contributed by atoms with Crippen molar-refractivity contribution in [2.75, 3.05) is 13.2 Å². The number of ketones is 2. The smallest absolute Gasteiger partial charge is 0.379 e. The molecule has 0 radical (unpaired) electrons. The number of esters is 4. The van der Waals surface area contributed by atoms with Crippen LogP contribution < -0.4 is 0 Å². The standard InChI is InChI=1S/C41H54O10/c1-8-12-14-30(10-3)25-48-40(46)35(43)37(32-20-16-27(5)17-21-32)50-34(42)24-29(7)39(45)51-38(33-22-18-28(6)19-23-33)36(44)41(47)49-26-31(11-4)15-13-9-2/h16-23,30-31,37-38H,7-15,24-26H2,1-6H3. The summed E-state index contributed by atoms with van der Waals surface area (Å²) < 4.78 is 21.6. The molecule has 0 aromatic heterocycles. The van der Waals surface area contributed by atoms with Gasteiger partial charge in [-0.1, -0.05) is 132 Å². The molecule has 10 heteroatoms. The van der Waals surface area contributed by atoms with Crippen LogP contribution >= 0.6 is 0 Å². The molecule has 278 valence electrons. The first-order valence-corrected chi connectivity index (χ1v) is 18.0. The number of carbonyl (C=O) groups is 6. The summed E-state index contributed by atoms with van der Waals surface area (Å²) in [6.07, 6.45) is 3.10. The number of Topliss-reactive ketones (excluding diaryl/α,β-unsaturated/α-hetero) is 2. The second-order valence-corrected chi connectivity index (χ2v) is 13.0. The van der Waals surface area contributed by atoms with Crippen molar-refractivity contribution in [1.82, 2.24) is 0 Å². The van der Waals surface area contributed by atoms with Gasteiger partial charge in [0.2, 0.25) is 0 Å². The Hall–Kier alpha value is -4.60. The third kappa shape index (κ3) is 14.3. The molecule has 2 aromatic carbocycles. The van der Waals surface area contributed by atoms with Crippen LogP contribution in [0.1, 0.15) is 120 Å². The van der Waals surface area contributed by atoms with Gasteiger partial charge < -0.3 is 18.9 Å². The maximum atomic E-state index is 13.3. The van der Waals surface area contributed by atoms with Gasteiger partial charge in [-0.3, -0.25) is 14.4 Å². The molecule has 0 saturated carbocycles. The van der Waals surface area contributed by atoms with E-state index < -0.39 is 59.6 Å². The largest absolute Gasteiger partial charge is 0.460 e. The first-order chi connectivity index (χ1) is 24.3. The zero-order chi connectivity index (χ0) is 37.9. The zero-order valence-corrected chi connectivity index (χ0v) is 31.0. The van der Waals surface area contributed by atoms with Gasteiger partial charge in [0.15, 0.2) is 12.2 Å².